The molecule has 0 aliphatic carbocycles. The second-order valence-corrected chi connectivity index (χ2v) is 12.5. The molecule has 2 fully saturated rings. The molecule has 3 heterocycles. The van der Waals surface area contributed by atoms with E-state index in [0.29, 0.717) is 37.4 Å². The number of hydrogen-bond acceptors (Lipinski definition) is 7. The largest absolute Gasteiger partial charge is 0.489 e. The lowest BCUT2D eigenvalue weighted by molar-refractivity contribution is -0.136. The zero-order chi connectivity index (χ0) is 30.2. The molecule has 0 aromatic heterocycles. The number of ether oxygens (including phenoxy) is 2. The van der Waals surface area contributed by atoms with Gasteiger partial charge in [0.25, 0.3) is 5.91 Å². The second-order valence-electron chi connectivity index (χ2n) is 12.5. The summed E-state index contributed by atoms with van der Waals surface area (Å²) in [5.74, 6) is -0.334. The Balaban J connectivity index is 1.17. The first-order valence-electron chi connectivity index (χ1n) is 14.6. The Morgan fingerprint density at radius 1 is 0.976 bits per heavy atom. The molecule has 3 aliphatic heterocycles. The Hall–Kier alpha value is -3.92. The number of nitrogens with one attached hydrogen (secondary N) is 1. The molecule has 5 rings (SSSR count). The molecule has 3 atom stereocenters. The normalized spacial score (nSPS) is 23.1. The molecule has 2 aromatic carbocycles. The zero-order valence-electron chi connectivity index (χ0n) is 25.0. The Morgan fingerprint density at radius 3 is 2.29 bits per heavy atom. The molecule has 224 valence electrons. The molecule has 0 bridgehead atoms. The summed E-state index contributed by atoms with van der Waals surface area (Å²) in [5.41, 5.74) is 2.95. The van der Waals surface area contributed by atoms with Gasteiger partial charge in [0, 0.05) is 49.3 Å². The third-order valence-electron chi connectivity index (χ3n) is 8.07. The van der Waals surface area contributed by atoms with Crippen LogP contribution >= 0.6 is 0 Å². The standard InChI is InChI=1S/C32H40N4O6/c1-20-15-34(31(40)42-32(3,4)5)16-21(2)35(20)17-22-9-11-23(12-10-22)19-41-27-8-6-7-24-25(27)18-36(30(24)39)26-13-14-28(37)33-29(26)38/h6-12,20-21,26H,13-19H2,1-5H3,(H,33,37,38). The fraction of sp³-hybridized carbons (Fsp3) is 0.500. The van der Waals surface area contributed by atoms with E-state index in [1.807, 2.05) is 39.0 Å². The predicted molar refractivity (Wildman–Crippen MR) is 156 cm³/mol. The van der Waals surface area contributed by atoms with Crippen LogP contribution in [0, 0.1) is 0 Å². The minimum Gasteiger partial charge on any atom is -0.489 e. The summed E-state index contributed by atoms with van der Waals surface area (Å²) in [5, 5.41) is 2.34. The zero-order valence-corrected chi connectivity index (χ0v) is 25.0. The van der Waals surface area contributed by atoms with Crippen molar-refractivity contribution in [2.75, 3.05) is 13.1 Å². The number of hydrogen-bond donors (Lipinski definition) is 1. The van der Waals surface area contributed by atoms with E-state index in [0.717, 1.165) is 17.7 Å². The second kappa shape index (κ2) is 11.8. The highest BCUT2D eigenvalue weighted by Crippen LogP contribution is 2.34. The summed E-state index contributed by atoms with van der Waals surface area (Å²) in [6.45, 7) is 12.5. The predicted octanol–water partition coefficient (Wildman–Crippen LogP) is 3.86. The molecule has 2 saturated heterocycles. The van der Waals surface area contributed by atoms with Gasteiger partial charge in [-0.15, -0.1) is 0 Å². The molecule has 3 aliphatic rings. The van der Waals surface area contributed by atoms with Crippen LogP contribution in [-0.4, -0.2) is 75.3 Å². The molecule has 0 spiro atoms. The maximum absolute atomic E-state index is 13.1. The quantitative estimate of drug-likeness (QED) is 0.521. The molecule has 10 nitrogen and oxygen atoms in total. The van der Waals surface area contributed by atoms with E-state index in [4.69, 9.17) is 9.47 Å². The van der Waals surface area contributed by atoms with Gasteiger partial charge < -0.3 is 19.3 Å². The van der Waals surface area contributed by atoms with Gasteiger partial charge in [-0.3, -0.25) is 24.6 Å². The number of amides is 4. The Morgan fingerprint density at radius 2 is 1.64 bits per heavy atom. The van der Waals surface area contributed by atoms with Crippen LogP contribution in [0.15, 0.2) is 42.5 Å². The average molecular weight is 577 g/mol. The molecule has 4 amide bonds. The molecule has 3 unspecified atom stereocenters. The number of imide groups is 1. The lowest BCUT2D eigenvalue weighted by Crippen LogP contribution is -2.58. The first-order valence-corrected chi connectivity index (χ1v) is 14.6. The van der Waals surface area contributed by atoms with E-state index in [1.54, 1.807) is 17.0 Å². The SMILES string of the molecule is CC1CN(C(=O)OC(C)(C)C)CC(C)N1Cc1ccc(COc2cccc3c2CN(C2CCC(=O)NC2=O)C3=O)cc1. The number of fused-ring (bicyclic) bond motifs is 1. The van der Waals surface area contributed by atoms with Crippen molar-refractivity contribution in [2.24, 2.45) is 0 Å². The summed E-state index contributed by atoms with van der Waals surface area (Å²) in [6.07, 6.45) is 0.280. The van der Waals surface area contributed by atoms with Gasteiger partial charge in [-0.25, -0.2) is 4.79 Å². The molecular formula is C32H40N4O6. The maximum Gasteiger partial charge on any atom is 0.410 e. The smallest absolute Gasteiger partial charge is 0.410 e. The van der Waals surface area contributed by atoms with Gasteiger partial charge in [-0.2, -0.15) is 0 Å². The van der Waals surface area contributed by atoms with E-state index < -0.39 is 17.6 Å². The van der Waals surface area contributed by atoms with Gasteiger partial charge in [0.1, 0.15) is 24.0 Å². The highest BCUT2D eigenvalue weighted by atomic mass is 16.6. The fourth-order valence-corrected chi connectivity index (χ4v) is 5.95. The topological polar surface area (TPSA) is 108 Å². The van der Waals surface area contributed by atoms with E-state index in [2.05, 4.69) is 36.2 Å². The molecule has 0 radical (unpaired) electrons. The molecule has 10 heteroatoms. The summed E-state index contributed by atoms with van der Waals surface area (Å²) in [7, 11) is 0. The van der Waals surface area contributed by atoms with Crippen LogP contribution in [0.25, 0.3) is 0 Å². The minimum atomic E-state index is -0.659. The van der Waals surface area contributed by atoms with Crippen molar-refractivity contribution in [1.29, 1.82) is 0 Å². The summed E-state index contributed by atoms with van der Waals surface area (Å²) in [6, 6.07) is 13.4. The molecule has 2 aromatic rings. The van der Waals surface area contributed by atoms with Crippen LogP contribution < -0.4 is 10.1 Å². The lowest BCUT2D eigenvalue weighted by Gasteiger charge is -2.44. The molecule has 0 saturated carbocycles. The lowest BCUT2D eigenvalue weighted by atomic mass is 10.0. The number of rotatable bonds is 6. The van der Waals surface area contributed by atoms with Crippen molar-refractivity contribution in [1.82, 2.24) is 20.0 Å². The van der Waals surface area contributed by atoms with Crippen molar-refractivity contribution in [2.45, 2.75) is 90.9 Å². The van der Waals surface area contributed by atoms with Crippen LogP contribution in [-0.2, 0) is 34.0 Å². The van der Waals surface area contributed by atoms with Crippen LogP contribution in [0.1, 0.15) is 74.5 Å². The Labute approximate surface area is 246 Å². The third-order valence-corrected chi connectivity index (χ3v) is 8.07. The van der Waals surface area contributed by atoms with Gasteiger partial charge in [0.05, 0.1) is 6.54 Å². The number of benzene rings is 2. The third kappa shape index (κ3) is 6.43. The van der Waals surface area contributed by atoms with Crippen LogP contribution in [0.5, 0.6) is 5.75 Å². The van der Waals surface area contributed by atoms with E-state index in [9.17, 15) is 19.2 Å². The Bertz CT molecular complexity index is 1360. The molecule has 1 N–H and O–H groups in total. The monoisotopic (exact) mass is 576 g/mol. The van der Waals surface area contributed by atoms with Crippen molar-refractivity contribution in [3.8, 4) is 5.75 Å². The number of piperidine rings is 1. The highest BCUT2D eigenvalue weighted by Gasteiger charge is 2.40. The number of nitrogens with zero attached hydrogens (tertiary/aromatic N) is 3. The first kappa shape index (κ1) is 29.6. The maximum atomic E-state index is 13.1. The number of piperazine rings is 1. The number of carbonyl (C=O) groups excluding carboxylic acids is 4. The van der Waals surface area contributed by atoms with Crippen molar-refractivity contribution < 1.29 is 28.7 Å². The van der Waals surface area contributed by atoms with E-state index in [-0.39, 0.29) is 43.0 Å². The highest BCUT2D eigenvalue weighted by molar-refractivity contribution is 6.05. The Kier molecular flexibility index (Phi) is 8.28. The summed E-state index contributed by atoms with van der Waals surface area (Å²) < 4.78 is 11.7. The van der Waals surface area contributed by atoms with Crippen LogP contribution in [0.3, 0.4) is 0 Å². The van der Waals surface area contributed by atoms with Crippen molar-refractivity contribution in [3.63, 3.8) is 0 Å². The van der Waals surface area contributed by atoms with Crippen molar-refractivity contribution >= 4 is 23.8 Å². The fourth-order valence-electron chi connectivity index (χ4n) is 5.95. The van der Waals surface area contributed by atoms with Gasteiger partial charge in [-0.05, 0) is 64.3 Å². The van der Waals surface area contributed by atoms with Gasteiger partial charge in [-0.1, -0.05) is 30.3 Å². The van der Waals surface area contributed by atoms with Gasteiger partial charge in [0.15, 0.2) is 0 Å². The first-order chi connectivity index (χ1) is 19.9. The number of carbonyl (C=O) groups is 4. The van der Waals surface area contributed by atoms with Gasteiger partial charge in [0.2, 0.25) is 11.8 Å². The van der Waals surface area contributed by atoms with E-state index in [1.165, 1.54) is 10.5 Å². The van der Waals surface area contributed by atoms with Gasteiger partial charge >= 0.3 is 6.09 Å². The minimum absolute atomic E-state index is 0.187. The molecular weight excluding hydrogens is 536 g/mol. The average Bonchev–Trinajstić information content (AvgIpc) is 3.25. The molecule has 42 heavy (non-hydrogen) atoms. The van der Waals surface area contributed by atoms with E-state index >= 15 is 0 Å². The van der Waals surface area contributed by atoms with Crippen LogP contribution in [0.2, 0.25) is 0 Å². The summed E-state index contributed by atoms with van der Waals surface area (Å²) in [4.78, 5) is 55.3. The summed E-state index contributed by atoms with van der Waals surface area (Å²) >= 11 is 0. The van der Waals surface area contributed by atoms with Crippen LogP contribution in [0.4, 0.5) is 4.79 Å². The van der Waals surface area contributed by atoms with Crippen molar-refractivity contribution in [3.05, 3.63) is 64.7 Å².